The number of benzene rings is 1. The van der Waals surface area contributed by atoms with Gasteiger partial charge in [-0.3, -0.25) is 4.79 Å². The molecule has 0 aromatic heterocycles. The second-order valence-electron chi connectivity index (χ2n) is 6.65. The largest absolute Gasteiger partial charge is 0.349 e. The summed E-state index contributed by atoms with van der Waals surface area (Å²) in [5.41, 5.74) is 9.37. The van der Waals surface area contributed by atoms with Crippen molar-refractivity contribution < 1.29 is 4.79 Å². The molecule has 3 N–H and O–H groups in total. The molecule has 0 heterocycles. The van der Waals surface area contributed by atoms with Gasteiger partial charge in [-0.2, -0.15) is 0 Å². The first kappa shape index (κ1) is 16.0. The van der Waals surface area contributed by atoms with Gasteiger partial charge in [0.25, 0.3) is 0 Å². The summed E-state index contributed by atoms with van der Waals surface area (Å²) in [6.07, 6.45) is 5.00. The van der Waals surface area contributed by atoms with Crippen molar-refractivity contribution in [1.29, 1.82) is 0 Å². The quantitative estimate of drug-likeness (QED) is 0.895. The van der Waals surface area contributed by atoms with Crippen molar-refractivity contribution in [1.82, 2.24) is 5.32 Å². The number of rotatable bonds is 4. The lowest BCUT2D eigenvalue weighted by Crippen LogP contribution is -2.59. The van der Waals surface area contributed by atoms with Crippen LogP contribution in [0.1, 0.15) is 49.3 Å². The van der Waals surface area contributed by atoms with Crippen LogP contribution in [0.25, 0.3) is 0 Å². The van der Waals surface area contributed by atoms with E-state index in [1.165, 1.54) is 17.5 Å². The average molecular weight is 288 g/mol. The maximum Gasteiger partial charge on any atom is 0.224 e. The van der Waals surface area contributed by atoms with Gasteiger partial charge >= 0.3 is 0 Å². The van der Waals surface area contributed by atoms with Gasteiger partial charge in [0.2, 0.25) is 5.91 Å². The fourth-order valence-corrected chi connectivity index (χ4v) is 3.37. The van der Waals surface area contributed by atoms with Gasteiger partial charge in [0, 0.05) is 6.54 Å². The molecule has 1 fully saturated rings. The number of nitrogens with one attached hydrogen (secondary N) is 1. The number of hydrogen-bond donors (Lipinski definition) is 2. The molecule has 0 bridgehead atoms. The molecule has 3 nitrogen and oxygen atoms in total. The Labute approximate surface area is 128 Å². The summed E-state index contributed by atoms with van der Waals surface area (Å²) < 4.78 is 0. The standard InChI is InChI=1S/C18H28N2O/c1-13-7-8-16(10-14(13)2)11-17(21)20-18(12-19)9-5-4-6-15(18)3/h7-8,10,15H,4-6,9,11-12,19H2,1-3H3,(H,20,21). The van der Waals surface area contributed by atoms with E-state index in [9.17, 15) is 4.79 Å². The average Bonchev–Trinajstić information content (AvgIpc) is 2.45. The van der Waals surface area contributed by atoms with E-state index in [-0.39, 0.29) is 11.4 Å². The molecule has 1 aliphatic rings. The smallest absolute Gasteiger partial charge is 0.224 e. The summed E-state index contributed by atoms with van der Waals surface area (Å²) in [7, 11) is 0. The fraction of sp³-hybridized carbons (Fsp3) is 0.611. The highest BCUT2D eigenvalue weighted by Crippen LogP contribution is 2.32. The third-order valence-corrected chi connectivity index (χ3v) is 5.14. The number of carbonyl (C=O) groups excluding carboxylic acids is 1. The number of aryl methyl sites for hydroxylation is 2. The first-order chi connectivity index (χ1) is 9.97. The summed E-state index contributed by atoms with van der Waals surface area (Å²) in [4.78, 5) is 12.4. The molecular formula is C18H28N2O. The van der Waals surface area contributed by atoms with Gasteiger partial charge in [-0.05, 0) is 49.3 Å². The summed E-state index contributed by atoms with van der Waals surface area (Å²) in [5, 5.41) is 3.25. The number of amides is 1. The number of nitrogens with two attached hydrogens (primary N) is 1. The summed E-state index contributed by atoms with van der Waals surface area (Å²) in [5.74, 6) is 0.553. The Hall–Kier alpha value is -1.35. The highest BCUT2D eigenvalue weighted by Gasteiger charge is 2.38. The normalized spacial score (nSPS) is 25.6. The second kappa shape index (κ2) is 6.61. The lowest BCUT2D eigenvalue weighted by Gasteiger charge is -2.42. The zero-order valence-electron chi connectivity index (χ0n) is 13.5. The monoisotopic (exact) mass is 288 g/mol. The Kier molecular flexibility index (Phi) is 5.04. The minimum atomic E-state index is -0.199. The highest BCUT2D eigenvalue weighted by atomic mass is 16.1. The van der Waals surface area contributed by atoms with E-state index >= 15 is 0 Å². The van der Waals surface area contributed by atoms with Crippen LogP contribution in [0.15, 0.2) is 18.2 Å². The van der Waals surface area contributed by atoms with Crippen LogP contribution < -0.4 is 11.1 Å². The molecule has 116 valence electrons. The Morgan fingerprint density at radius 1 is 1.33 bits per heavy atom. The van der Waals surface area contributed by atoms with Crippen molar-refractivity contribution in [2.24, 2.45) is 11.7 Å². The molecule has 0 radical (unpaired) electrons. The molecule has 1 aromatic carbocycles. The highest BCUT2D eigenvalue weighted by molar-refractivity contribution is 5.79. The van der Waals surface area contributed by atoms with Crippen LogP contribution in [0.2, 0.25) is 0 Å². The predicted octanol–water partition coefficient (Wildman–Crippen LogP) is 2.87. The molecule has 21 heavy (non-hydrogen) atoms. The zero-order chi connectivity index (χ0) is 15.5. The summed E-state index contributed by atoms with van der Waals surface area (Å²) in [6, 6.07) is 6.23. The molecule has 2 rings (SSSR count). The van der Waals surface area contributed by atoms with E-state index in [0.29, 0.717) is 18.9 Å². The van der Waals surface area contributed by atoms with Gasteiger partial charge in [-0.15, -0.1) is 0 Å². The Morgan fingerprint density at radius 3 is 2.71 bits per heavy atom. The third kappa shape index (κ3) is 3.65. The van der Waals surface area contributed by atoms with Crippen molar-refractivity contribution in [2.75, 3.05) is 6.54 Å². The molecule has 0 saturated heterocycles. The Morgan fingerprint density at radius 2 is 2.10 bits per heavy atom. The molecule has 2 unspecified atom stereocenters. The van der Waals surface area contributed by atoms with Gasteiger partial charge < -0.3 is 11.1 Å². The van der Waals surface area contributed by atoms with Crippen molar-refractivity contribution in [3.8, 4) is 0 Å². The molecule has 0 spiro atoms. The van der Waals surface area contributed by atoms with Gasteiger partial charge in [0.05, 0.1) is 12.0 Å². The predicted molar refractivity (Wildman–Crippen MR) is 87.2 cm³/mol. The molecule has 3 heteroatoms. The van der Waals surface area contributed by atoms with Crippen molar-refractivity contribution >= 4 is 5.91 Å². The van der Waals surface area contributed by atoms with Gasteiger partial charge in [0.1, 0.15) is 0 Å². The SMILES string of the molecule is Cc1ccc(CC(=O)NC2(CN)CCCCC2C)cc1C. The van der Waals surface area contributed by atoms with Crippen molar-refractivity contribution in [2.45, 2.75) is 58.4 Å². The summed E-state index contributed by atoms with van der Waals surface area (Å²) in [6.45, 7) is 6.92. The Balaban J connectivity index is 2.04. The lowest BCUT2D eigenvalue weighted by atomic mass is 9.73. The maximum atomic E-state index is 12.4. The van der Waals surface area contributed by atoms with E-state index in [4.69, 9.17) is 5.73 Å². The van der Waals surface area contributed by atoms with E-state index in [1.54, 1.807) is 0 Å². The maximum absolute atomic E-state index is 12.4. The molecule has 2 atom stereocenters. The number of carbonyl (C=O) groups is 1. The van der Waals surface area contributed by atoms with E-state index in [2.05, 4.69) is 38.2 Å². The molecular weight excluding hydrogens is 260 g/mol. The topological polar surface area (TPSA) is 55.1 Å². The molecule has 1 aliphatic carbocycles. The van der Waals surface area contributed by atoms with Crippen molar-refractivity contribution in [3.05, 3.63) is 34.9 Å². The molecule has 1 aromatic rings. The van der Waals surface area contributed by atoms with Crippen LogP contribution in [0, 0.1) is 19.8 Å². The lowest BCUT2D eigenvalue weighted by molar-refractivity contribution is -0.123. The van der Waals surface area contributed by atoms with Gasteiger partial charge in [0.15, 0.2) is 0 Å². The minimum absolute atomic E-state index is 0.0949. The Bertz CT molecular complexity index is 512. The van der Waals surface area contributed by atoms with Crippen LogP contribution in [-0.2, 0) is 11.2 Å². The molecule has 1 amide bonds. The van der Waals surface area contributed by atoms with Crippen LogP contribution in [0.3, 0.4) is 0 Å². The zero-order valence-corrected chi connectivity index (χ0v) is 13.5. The van der Waals surface area contributed by atoms with Crippen LogP contribution in [0.5, 0.6) is 0 Å². The van der Waals surface area contributed by atoms with Gasteiger partial charge in [-0.25, -0.2) is 0 Å². The van der Waals surface area contributed by atoms with Gasteiger partial charge in [-0.1, -0.05) is 38.0 Å². The minimum Gasteiger partial charge on any atom is -0.349 e. The van der Waals surface area contributed by atoms with E-state index in [0.717, 1.165) is 24.8 Å². The van der Waals surface area contributed by atoms with E-state index < -0.39 is 0 Å². The van der Waals surface area contributed by atoms with E-state index in [1.807, 2.05) is 6.07 Å². The van der Waals surface area contributed by atoms with Crippen LogP contribution in [0.4, 0.5) is 0 Å². The van der Waals surface area contributed by atoms with Crippen molar-refractivity contribution in [3.63, 3.8) is 0 Å². The number of hydrogen-bond acceptors (Lipinski definition) is 2. The van der Waals surface area contributed by atoms with Crippen LogP contribution >= 0.6 is 0 Å². The first-order valence-corrected chi connectivity index (χ1v) is 8.04. The molecule has 1 saturated carbocycles. The summed E-state index contributed by atoms with van der Waals surface area (Å²) >= 11 is 0. The first-order valence-electron chi connectivity index (χ1n) is 8.04. The third-order valence-electron chi connectivity index (χ3n) is 5.14. The molecule has 0 aliphatic heterocycles. The fourth-order valence-electron chi connectivity index (χ4n) is 3.37. The van der Waals surface area contributed by atoms with Crippen LogP contribution in [-0.4, -0.2) is 18.0 Å². The second-order valence-corrected chi connectivity index (χ2v) is 6.65.